The Balaban J connectivity index is 1.97. The van der Waals surface area contributed by atoms with Crippen LogP contribution in [-0.2, 0) is 31.9 Å². The molecule has 8 bridgehead atoms. The van der Waals surface area contributed by atoms with Crippen LogP contribution in [0.2, 0.25) is 0 Å². The molecule has 10 nitrogen and oxygen atoms in total. The molecule has 0 saturated heterocycles. The topological polar surface area (TPSA) is 122 Å². The van der Waals surface area contributed by atoms with E-state index in [0.29, 0.717) is 12.8 Å². The van der Waals surface area contributed by atoms with Crippen LogP contribution in [-0.4, -0.2) is 84.1 Å². The van der Waals surface area contributed by atoms with Gasteiger partial charge in [0.05, 0.1) is 25.3 Å². The van der Waals surface area contributed by atoms with Gasteiger partial charge in [0.15, 0.2) is 0 Å². The number of nitrogens with one attached hydrogen (secondary N) is 4. The van der Waals surface area contributed by atoms with Crippen LogP contribution in [0.3, 0.4) is 0 Å². The Bertz CT molecular complexity index is 2340. The van der Waals surface area contributed by atoms with Crippen molar-refractivity contribution in [1.29, 1.82) is 0 Å². The first-order valence-corrected chi connectivity index (χ1v) is 17.8. The van der Waals surface area contributed by atoms with Crippen molar-refractivity contribution >= 4 is 47.6 Å². The minimum Gasteiger partial charge on any atom is -0.469 e. The number of allylic oxidation sites excluding steroid dienone is 2. The van der Waals surface area contributed by atoms with Crippen LogP contribution in [0, 0.1) is 27.7 Å². The Morgan fingerprint density at radius 3 is 1.60 bits per heavy atom. The molecule has 4 aromatic rings. The van der Waals surface area contributed by atoms with Crippen LogP contribution < -0.4 is 21.4 Å². The lowest BCUT2D eigenvalue weighted by Gasteiger charge is -2.18. The minimum atomic E-state index is -0.261. The van der Waals surface area contributed by atoms with Crippen molar-refractivity contribution in [3.05, 3.63) is 101 Å². The molecule has 4 aromatic heterocycles. The van der Waals surface area contributed by atoms with E-state index in [1.54, 1.807) is 0 Å². The molecule has 0 unspecified atom stereocenters. The van der Waals surface area contributed by atoms with E-state index in [1.807, 2.05) is 0 Å². The summed E-state index contributed by atoms with van der Waals surface area (Å²) in [6, 6.07) is 0. The number of methoxy groups -OCH3 is 2. The van der Waals surface area contributed by atoms with Crippen LogP contribution in [0.5, 0.6) is 0 Å². The molecule has 5 heterocycles. The Morgan fingerprint density at radius 2 is 1.02 bits per heavy atom. The molecule has 52 heavy (non-hydrogen) atoms. The van der Waals surface area contributed by atoms with Gasteiger partial charge in [-0.15, -0.1) is 0 Å². The number of aromatic amines is 4. The highest BCUT2D eigenvalue weighted by Crippen LogP contribution is 2.29. The Hall–Kier alpha value is -5.38. The highest BCUT2D eigenvalue weighted by molar-refractivity contribution is 5.79. The summed E-state index contributed by atoms with van der Waals surface area (Å²) < 4.78 is 10.1. The average Bonchev–Trinajstić information content (AvgIpc) is 3.77. The number of esters is 2. The van der Waals surface area contributed by atoms with E-state index in [4.69, 9.17) is 9.47 Å². The SMILES string of the molecule is CC=C(c1c2[nH]c(c1C)C=c1[nH]c(c(CCC(=O)OC)c1C)=Cc1[nH]c(c(C)c1CCC(=O)OC)C=c1[nH]c(c(C)c1C(=CC)N(C)C)=C2)N(C)C. The van der Waals surface area contributed by atoms with Crippen molar-refractivity contribution in [2.75, 3.05) is 42.4 Å². The second kappa shape index (κ2) is 15.5. The largest absolute Gasteiger partial charge is 0.469 e. The molecule has 0 radical (unpaired) electrons. The maximum Gasteiger partial charge on any atom is 0.305 e. The van der Waals surface area contributed by atoms with Gasteiger partial charge in [0.25, 0.3) is 0 Å². The third-order valence-electron chi connectivity index (χ3n) is 10.3. The summed E-state index contributed by atoms with van der Waals surface area (Å²) in [4.78, 5) is 44.0. The maximum atomic E-state index is 12.4. The fourth-order valence-electron chi connectivity index (χ4n) is 7.47. The number of nitrogens with zero attached hydrogens (tertiary/aromatic N) is 2. The molecule has 0 atom stereocenters. The molecular weight excluding hydrogens is 652 g/mol. The molecule has 0 aliphatic carbocycles. The van der Waals surface area contributed by atoms with Crippen molar-refractivity contribution in [2.24, 2.45) is 0 Å². The Labute approximate surface area is 306 Å². The van der Waals surface area contributed by atoms with Crippen molar-refractivity contribution < 1.29 is 19.1 Å². The predicted molar refractivity (Wildman–Crippen MR) is 210 cm³/mol. The third-order valence-corrected chi connectivity index (χ3v) is 10.3. The van der Waals surface area contributed by atoms with Crippen molar-refractivity contribution in [1.82, 2.24) is 29.7 Å². The number of carbonyl (C=O) groups excluding carboxylic acids is 2. The van der Waals surface area contributed by atoms with Gasteiger partial charge in [-0.3, -0.25) is 9.59 Å². The second-order valence-electron chi connectivity index (χ2n) is 13.9. The molecule has 0 spiro atoms. The van der Waals surface area contributed by atoms with Crippen molar-refractivity contribution in [3.63, 3.8) is 0 Å². The minimum absolute atomic E-state index is 0.250. The van der Waals surface area contributed by atoms with Gasteiger partial charge in [0.2, 0.25) is 0 Å². The standard InChI is InChI=1S/C42H54N6O4/c1-13-37(47(7)8)41-25(5)31-19-29-23(3)27(15-17-39(49)51-11)33(43-29)22-34-28(16-18-40(50)52-12)24(4)30(44-34)20-35-42(38(14-2)48(9)10)26(6)32(46-35)21-36(41)45-31/h13-14,19-22,43-46H,15-18H2,1-12H3. The number of H-pyrrole nitrogens is 4. The molecule has 276 valence electrons. The fraction of sp³-hybridized carbons (Fsp3) is 0.381. The van der Waals surface area contributed by atoms with Crippen LogP contribution >= 0.6 is 0 Å². The number of rotatable bonds is 10. The van der Waals surface area contributed by atoms with Crippen LogP contribution in [0.25, 0.3) is 35.7 Å². The van der Waals surface area contributed by atoms with Gasteiger partial charge in [-0.05, 0) is 112 Å². The van der Waals surface area contributed by atoms with Crippen LogP contribution in [0.4, 0.5) is 0 Å². The van der Waals surface area contributed by atoms with E-state index >= 15 is 0 Å². The highest BCUT2D eigenvalue weighted by atomic mass is 16.5. The lowest BCUT2D eigenvalue weighted by molar-refractivity contribution is -0.141. The normalized spacial score (nSPS) is 12.8. The number of ether oxygens (including phenoxy) is 2. The lowest BCUT2D eigenvalue weighted by atomic mass is 10.0. The summed E-state index contributed by atoms with van der Waals surface area (Å²) in [6.07, 6.45) is 14.5. The number of hydrogen-bond acceptors (Lipinski definition) is 6. The summed E-state index contributed by atoms with van der Waals surface area (Å²) in [5, 5.41) is 3.82. The van der Waals surface area contributed by atoms with E-state index in [0.717, 1.165) is 100 Å². The number of aromatic nitrogens is 4. The zero-order valence-corrected chi connectivity index (χ0v) is 32.8. The first kappa shape index (κ1) is 37.9. The van der Waals surface area contributed by atoms with Crippen molar-refractivity contribution in [3.8, 4) is 0 Å². The van der Waals surface area contributed by atoms with Crippen molar-refractivity contribution in [2.45, 2.75) is 67.2 Å². The van der Waals surface area contributed by atoms with Gasteiger partial charge in [0, 0.05) is 96.7 Å². The molecule has 1 aliphatic rings. The molecular formula is C42H54N6O4. The van der Waals surface area contributed by atoms with Crippen LogP contribution in [0.15, 0.2) is 12.2 Å². The first-order chi connectivity index (χ1) is 24.7. The molecule has 4 N–H and O–H groups in total. The molecule has 0 aromatic carbocycles. The van der Waals surface area contributed by atoms with Crippen LogP contribution in [0.1, 0.15) is 94.0 Å². The van der Waals surface area contributed by atoms with Gasteiger partial charge in [-0.25, -0.2) is 0 Å². The number of fused-ring (bicyclic) bond motifs is 8. The second-order valence-corrected chi connectivity index (χ2v) is 13.9. The molecule has 0 saturated carbocycles. The summed E-state index contributed by atoms with van der Waals surface area (Å²) in [7, 11) is 11.1. The average molecular weight is 707 g/mol. The highest BCUT2D eigenvalue weighted by Gasteiger charge is 2.21. The lowest BCUT2D eigenvalue weighted by Crippen LogP contribution is -2.18. The summed E-state index contributed by atoms with van der Waals surface area (Å²) >= 11 is 0. The molecule has 10 heteroatoms. The van der Waals surface area contributed by atoms with E-state index in [2.05, 4.69) is 136 Å². The predicted octanol–water partition coefficient (Wildman–Crippen LogP) is 3.92. The van der Waals surface area contributed by atoms with Gasteiger partial charge in [0.1, 0.15) is 0 Å². The summed E-state index contributed by atoms with van der Waals surface area (Å²) in [6.45, 7) is 12.7. The monoisotopic (exact) mass is 706 g/mol. The summed E-state index contributed by atoms with van der Waals surface area (Å²) in [5.74, 6) is -0.521. The van der Waals surface area contributed by atoms with Gasteiger partial charge < -0.3 is 39.2 Å². The third kappa shape index (κ3) is 7.20. The number of hydrogen-bond donors (Lipinski definition) is 4. The molecule has 1 aliphatic heterocycles. The van der Waals surface area contributed by atoms with E-state index < -0.39 is 0 Å². The molecule has 5 rings (SSSR count). The quantitative estimate of drug-likeness (QED) is 0.164. The Morgan fingerprint density at radius 1 is 0.558 bits per heavy atom. The maximum absolute atomic E-state index is 12.4. The van der Waals surface area contributed by atoms with E-state index in [-0.39, 0.29) is 24.8 Å². The fourth-order valence-corrected chi connectivity index (χ4v) is 7.47. The van der Waals surface area contributed by atoms with E-state index in [9.17, 15) is 9.59 Å². The van der Waals surface area contributed by atoms with Gasteiger partial charge in [-0.2, -0.15) is 0 Å². The summed E-state index contributed by atoms with van der Waals surface area (Å²) in [5.41, 5.74) is 14.7. The van der Waals surface area contributed by atoms with Gasteiger partial charge in [-0.1, -0.05) is 12.2 Å². The zero-order valence-electron chi connectivity index (χ0n) is 32.8. The molecule has 0 fully saturated rings. The Kier molecular flexibility index (Phi) is 11.3. The number of carbonyl (C=O) groups is 2. The van der Waals surface area contributed by atoms with Gasteiger partial charge >= 0.3 is 11.9 Å². The first-order valence-electron chi connectivity index (χ1n) is 17.8. The zero-order chi connectivity index (χ0) is 38.0. The molecule has 0 amide bonds. The smallest absolute Gasteiger partial charge is 0.305 e. The van der Waals surface area contributed by atoms with E-state index in [1.165, 1.54) is 14.2 Å².